The third-order valence-electron chi connectivity index (χ3n) is 6.01. The third-order valence-corrected chi connectivity index (χ3v) is 6.01. The number of urea groups is 1. The van der Waals surface area contributed by atoms with Gasteiger partial charge in [-0.1, -0.05) is 6.42 Å². The highest BCUT2D eigenvalue weighted by molar-refractivity contribution is 5.99. The lowest BCUT2D eigenvalue weighted by Gasteiger charge is -2.22. The highest BCUT2D eigenvalue weighted by Crippen LogP contribution is 2.37. The molecule has 2 aromatic carbocycles. The number of amides is 2. The molecule has 1 saturated carbocycles. The molecule has 7 nitrogen and oxygen atoms in total. The van der Waals surface area contributed by atoms with Gasteiger partial charge in [0.05, 0.1) is 11.4 Å². The van der Waals surface area contributed by atoms with Crippen molar-refractivity contribution in [2.75, 3.05) is 24.2 Å². The van der Waals surface area contributed by atoms with Gasteiger partial charge < -0.3 is 15.0 Å². The molecule has 1 aliphatic carbocycles. The molecule has 0 spiro atoms. The molecule has 1 aliphatic heterocycles. The zero-order valence-electron chi connectivity index (χ0n) is 19.2. The highest BCUT2D eigenvalue weighted by Gasteiger charge is 2.25. The second-order valence-corrected chi connectivity index (χ2v) is 8.69. The number of hydrogen-bond donors (Lipinski definition) is 2. The summed E-state index contributed by atoms with van der Waals surface area (Å²) in [6.07, 6.45) is 8.91. The van der Waals surface area contributed by atoms with Crippen LogP contribution in [0.5, 0.6) is 5.75 Å². The standard InChI is InChI=1S/C26H25F2N5O2/c1-32-11-9-23(10-12-32)35-22-7-5-20(6-8-22)29-26(34)30-25-16-24(17-3-2-4-17)31-33(25)21-14-18(27)13-19(28)15-21/h5-11,13-17H,2-4,12H2,1H3,(H2,29,30,34). The molecule has 35 heavy (non-hydrogen) atoms. The van der Waals surface area contributed by atoms with Gasteiger partial charge in [-0.15, -0.1) is 0 Å². The number of halogens is 2. The number of rotatable bonds is 6. The third kappa shape index (κ3) is 5.34. The van der Waals surface area contributed by atoms with Crippen LogP contribution in [0.15, 0.2) is 72.6 Å². The van der Waals surface area contributed by atoms with Crippen LogP contribution in [0.25, 0.3) is 5.69 Å². The predicted molar refractivity (Wildman–Crippen MR) is 130 cm³/mol. The molecule has 0 radical (unpaired) electrons. The molecule has 5 rings (SSSR count). The minimum Gasteiger partial charge on any atom is -0.458 e. The average Bonchev–Trinajstić information content (AvgIpc) is 3.17. The SMILES string of the molecule is CN1C=CC(Oc2ccc(NC(=O)Nc3cc(C4CCC4)nn3-c3cc(F)cc(F)c3)cc2)=CC1. The van der Waals surface area contributed by atoms with Crippen molar-refractivity contribution in [3.05, 3.63) is 90.0 Å². The van der Waals surface area contributed by atoms with Crippen molar-refractivity contribution in [1.82, 2.24) is 14.7 Å². The van der Waals surface area contributed by atoms with Gasteiger partial charge in [0.15, 0.2) is 0 Å². The second kappa shape index (κ2) is 9.61. The molecule has 9 heteroatoms. The number of aromatic nitrogens is 2. The summed E-state index contributed by atoms with van der Waals surface area (Å²) >= 11 is 0. The minimum absolute atomic E-state index is 0.196. The number of ether oxygens (including phenoxy) is 1. The average molecular weight is 478 g/mol. The lowest BCUT2D eigenvalue weighted by Crippen LogP contribution is -2.21. The molecule has 2 N–H and O–H groups in total. The van der Waals surface area contributed by atoms with Gasteiger partial charge in [0.1, 0.15) is 29.0 Å². The van der Waals surface area contributed by atoms with Crippen LogP contribution >= 0.6 is 0 Å². The molecule has 0 bridgehead atoms. The Kier molecular flexibility index (Phi) is 6.22. The van der Waals surface area contributed by atoms with Crippen molar-refractivity contribution in [1.29, 1.82) is 0 Å². The molecular weight excluding hydrogens is 452 g/mol. The zero-order chi connectivity index (χ0) is 24.4. The van der Waals surface area contributed by atoms with E-state index in [4.69, 9.17) is 4.74 Å². The fourth-order valence-corrected chi connectivity index (χ4v) is 3.91. The quantitative estimate of drug-likeness (QED) is 0.472. The maximum absolute atomic E-state index is 13.8. The maximum Gasteiger partial charge on any atom is 0.324 e. The first-order valence-electron chi connectivity index (χ1n) is 11.4. The van der Waals surface area contributed by atoms with Crippen LogP contribution in [-0.4, -0.2) is 34.3 Å². The van der Waals surface area contributed by atoms with Crippen molar-refractivity contribution < 1.29 is 18.3 Å². The Morgan fingerprint density at radius 3 is 2.43 bits per heavy atom. The topological polar surface area (TPSA) is 71.4 Å². The van der Waals surface area contributed by atoms with Crippen LogP contribution in [0, 0.1) is 11.6 Å². The van der Waals surface area contributed by atoms with Crippen LogP contribution in [0.1, 0.15) is 30.9 Å². The molecular formula is C26H25F2N5O2. The van der Waals surface area contributed by atoms with Crippen molar-refractivity contribution in [3.63, 3.8) is 0 Å². The molecule has 0 saturated heterocycles. The fourth-order valence-electron chi connectivity index (χ4n) is 3.91. The number of nitrogens with one attached hydrogen (secondary N) is 2. The van der Waals surface area contributed by atoms with Crippen LogP contribution < -0.4 is 15.4 Å². The smallest absolute Gasteiger partial charge is 0.324 e. The number of nitrogens with zero attached hydrogens (tertiary/aromatic N) is 3. The first kappa shape index (κ1) is 22.6. The van der Waals surface area contributed by atoms with Gasteiger partial charge in [-0.05, 0) is 61.4 Å². The summed E-state index contributed by atoms with van der Waals surface area (Å²) in [5.41, 5.74) is 1.54. The van der Waals surface area contributed by atoms with Crippen LogP contribution in [0.3, 0.4) is 0 Å². The van der Waals surface area contributed by atoms with Gasteiger partial charge >= 0.3 is 6.03 Å². The van der Waals surface area contributed by atoms with E-state index in [0.717, 1.165) is 43.3 Å². The normalized spacial score (nSPS) is 15.4. The first-order valence-corrected chi connectivity index (χ1v) is 11.4. The number of carbonyl (C=O) groups excluding carboxylic acids is 1. The number of hydrogen-bond acceptors (Lipinski definition) is 4. The molecule has 0 unspecified atom stereocenters. The highest BCUT2D eigenvalue weighted by atomic mass is 19.1. The van der Waals surface area contributed by atoms with E-state index in [0.29, 0.717) is 17.3 Å². The summed E-state index contributed by atoms with van der Waals surface area (Å²) < 4.78 is 34.9. The van der Waals surface area contributed by atoms with Crippen LogP contribution in [0.4, 0.5) is 25.1 Å². The van der Waals surface area contributed by atoms with E-state index in [-0.39, 0.29) is 11.6 Å². The maximum atomic E-state index is 13.8. The number of allylic oxidation sites excluding steroid dienone is 1. The Morgan fingerprint density at radius 1 is 1.06 bits per heavy atom. The first-order chi connectivity index (χ1) is 16.9. The summed E-state index contributed by atoms with van der Waals surface area (Å²) in [6.45, 7) is 0.771. The Morgan fingerprint density at radius 2 is 1.80 bits per heavy atom. The van der Waals surface area contributed by atoms with E-state index in [1.165, 1.54) is 16.8 Å². The Labute approximate surface area is 201 Å². The van der Waals surface area contributed by atoms with Gasteiger partial charge in [0.25, 0.3) is 0 Å². The summed E-state index contributed by atoms with van der Waals surface area (Å²) in [4.78, 5) is 14.8. The van der Waals surface area contributed by atoms with E-state index in [2.05, 4.69) is 15.7 Å². The monoisotopic (exact) mass is 477 g/mol. The van der Waals surface area contributed by atoms with Crippen molar-refractivity contribution in [3.8, 4) is 11.4 Å². The Bertz CT molecular complexity index is 1280. The number of benzene rings is 2. The van der Waals surface area contributed by atoms with E-state index < -0.39 is 17.7 Å². The Hall–Kier alpha value is -4.14. The van der Waals surface area contributed by atoms with Gasteiger partial charge in [0.2, 0.25) is 0 Å². The van der Waals surface area contributed by atoms with Crippen LogP contribution in [0.2, 0.25) is 0 Å². The van der Waals surface area contributed by atoms with Crippen molar-refractivity contribution in [2.24, 2.45) is 0 Å². The summed E-state index contributed by atoms with van der Waals surface area (Å²) in [5.74, 6) is 0.573. The molecule has 180 valence electrons. The van der Waals surface area contributed by atoms with Crippen LogP contribution in [-0.2, 0) is 0 Å². The predicted octanol–water partition coefficient (Wildman–Crippen LogP) is 5.78. The molecule has 1 aromatic heterocycles. The van der Waals surface area contributed by atoms with Gasteiger partial charge in [-0.3, -0.25) is 5.32 Å². The summed E-state index contributed by atoms with van der Waals surface area (Å²) in [7, 11) is 1.98. The molecule has 3 aromatic rings. The largest absolute Gasteiger partial charge is 0.458 e. The minimum atomic E-state index is -0.718. The van der Waals surface area contributed by atoms with E-state index in [9.17, 15) is 13.6 Å². The van der Waals surface area contributed by atoms with Gasteiger partial charge in [-0.25, -0.2) is 18.3 Å². The fraction of sp³-hybridized carbons (Fsp3) is 0.231. The summed E-state index contributed by atoms with van der Waals surface area (Å²) in [5, 5.41) is 10.0. The van der Waals surface area contributed by atoms with E-state index in [1.54, 1.807) is 30.3 Å². The van der Waals surface area contributed by atoms with Gasteiger partial charge in [-0.2, -0.15) is 5.10 Å². The number of anilines is 2. The molecule has 0 atom stereocenters. The molecule has 2 amide bonds. The van der Waals surface area contributed by atoms with Crippen molar-refractivity contribution >= 4 is 17.5 Å². The lowest BCUT2D eigenvalue weighted by atomic mass is 9.83. The zero-order valence-corrected chi connectivity index (χ0v) is 19.2. The molecule has 1 fully saturated rings. The van der Waals surface area contributed by atoms with E-state index in [1.807, 2.05) is 30.3 Å². The number of carbonyl (C=O) groups is 1. The summed E-state index contributed by atoms with van der Waals surface area (Å²) in [6, 6.07) is 11.4. The second-order valence-electron chi connectivity index (χ2n) is 8.69. The molecule has 2 aliphatic rings. The molecule has 2 heterocycles. The van der Waals surface area contributed by atoms with E-state index >= 15 is 0 Å². The Balaban J connectivity index is 1.28. The van der Waals surface area contributed by atoms with Gasteiger partial charge in [0, 0.05) is 43.5 Å². The lowest BCUT2D eigenvalue weighted by molar-refractivity contribution is 0.262. The number of likely N-dealkylation sites (N-methyl/N-ethyl adjacent to an activating group) is 1. The van der Waals surface area contributed by atoms with Crippen molar-refractivity contribution in [2.45, 2.75) is 25.2 Å².